The SMILES string of the molecule is CC(C)=CCC/C(C)=C/CC/C(C)=C/CSC[C@H](NC(=O)CCC1CC=CO1)C(=O)O. The van der Waals surface area contributed by atoms with Gasteiger partial charge in [-0.1, -0.05) is 34.9 Å². The van der Waals surface area contributed by atoms with Gasteiger partial charge in [-0.3, -0.25) is 4.79 Å². The predicted octanol–water partition coefficient (Wildman–Crippen LogP) is 5.79. The first kappa shape index (κ1) is 27.1. The molecule has 0 bridgehead atoms. The fourth-order valence-corrected chi connectivity index (χ4v) is 4.07. The number of carbonyl (C=O) groups is 2. The third-order valence-corrected chi connectivity index (χ3v) is 6.02. The summed E-state index contributed by atoms with van der Waals surface area (Å²) in [6.07, 6.45) is 16.3. The fourth-order valence-electron chi connectivity index (χ4n) is 3.07. The van der Waals surface area contributed by atoms with E-state index in [4.69, 9.17) is 4.74 Å². The molecule has 1 rings (SSSR count). The quantitative estimate of drug-likeness (QED) is 0.244. The molecule has 0 aromatic rings. The molecule has 1 heterocycles. The van der Waals surface area contributed by atoms with Gasteiger partial charge in [-0.05, 0) is 65.9 Å². The van der Waals surface area contributed by atoms with E-state index in [0.717, 1.165) is 37.9 Å². The number of carboxylic acids is 1. The van der Waals surface area contributed by atoms with E-state index in [1.807, 2.05) is 6.08 Å². The maximum absolute atomic E-state index is 12.0. The normalized spacial score (nSPS) is 17.2. The second-order valence-corrected chi connectivity index (χ2v) is 9.43. The van der Waals surface area contributed by atoms with Crippen molar-refractivity contribution in [2.24, 2.45) is 0 Å². The highest BCUT2D eigenvalue weighted by Crippen LogP contribution is 2.15. The van der Waals surface area contributed by atoms with Gasteiger partial charge in [-0.2, -0.15) is 11.8 Å². The molecule has 0 aromatic carbocycles. The molecular formula is C25H39NO4S. The van der Waals surface area contributed by atoms with Gasteiger partial charge in [-0.15, -0.1) is 0 Å². The van der Waals surface area contributed by atoms with Gasteiger partial charge in [0.15, 0.2) is 0 Å². The summed E-state index contributed by atoms with van der Waals surface area (Å²) in [5, 5.41) is 12.0. The van der Waals surface area contributed by atoms with Crippen LogP contribution in [0.1, 0.15) is 72.6 Å². The van der Waals surface area contributed by atoms with Gasteiger partial charge < -0.3 is 15.2 Å². The second-order valence-electron chi connectivity index (χ2n) is 8.36. The Kier molecular flexibility index (Phi) is 13.8. The van der Waals surface area contributed by atoms with Crippen LogP contribution >= 0.6 is 11.8 Å². The Balaban J connectivity index is 2.25. The summed E-state index contributed by atoms with van der Waals surface area (Å²) in [6.45, 7) is 8.56. The monoisotopic (exact) mass is 449 g/mol. The summed E-state index contributed by atoms with van der Waals surface area (Å²) in [6, 6.07) is -0.861. The number of nitrogens with one attached hydrogen (secondary N) is 1. The van der Waals surface area contributed by atoms with E-state index < -0.39 is 12.0 Å². The van der Waals surface area contributed by atoms with Gasteiger partial charge >= 0.3 is 5.97 Å². The van der Waals surface area contributed by atoms with Crippen LogP contribution in [0.15, 0.2) is 47.3 Å². The smallest absolute Gasteiger partial charge is 0.327 e. The van der Waals surface area contributed by atoms with Crippen LogP contribution in [-0.2, 0) is 14.3 Å². The minimum Gasteiger partial charge on any atom is -0.498 e. The highest BCUT2D eigenvalue weighted by Gasteiger charge is 2.21. The van der Waals surface area contributed by atoms with Gasteiger partial charge in [0, 0.05) is 24.3 Å². The summed E-state index contributed by atoms with van der Waals surface area (Å²) in [5.74, 6) is -0.123. The zero-order valence-corrected chi connectivity index (χ0v) is 20.3. The first-order valence-corrected chi connectivity index (χ1v) is 12.3. The first-order chi connectivity index (χ1) is 14.8. The Hall–Kier alpha value is -1.95. The number of carboxylic acid groups (broad SMARTS) is 1. The molecule has 2 atom stereocenters. The van der Waals surface area contributed by atoms with Crippen LogP contribution in [0, 0.1) is 0 Å². The fraction of sp³-hybridized carbons (Fsp3) is 0.600. The predicted molar refractivity (Wildman–Crippen MR) is 130 cm³/mol. The van der Waals surface area contributed by atoms with Crippen LogP contribution in [0.25, 0.3) is 0 Å². The van der Waals surface area contributed by atoms with Crippen molar-refractivity contribution in [3.63, 3.8) is 0 Å². The summed E-state index contributed by atoms with van der Waals surface area (Å²) in [5.41, 5.74) is 4.10. The first-order valence-electron chi connectivity index (χ1n) is 11.1. The summed E-state index contributed by atoms with van der Waals surface area (Å²) in [4.78, 5) is 23.5. The molecular weight excluding hydrogens is 410 g/mol. The molecule has 6 heteroatoms. The molecule has 174 valence electrons. The van der Waals surface area contributed by atoms with Crippen LogP contribution in [-0.4, -0.2) is 40.6 Å². The van der Waals surface area contributed by atoms with Gasteiger partial charge in [0.1, 0.15) is 12.1 Å². The number of amides is 1. The zero-order valence-electron chi connectivity index (χ0n) is 19.5. The summed E-state index contributed by atoms with van der Waals surface area (Å²) in [7, 11) is 0. The summed E-state index contributed by atoms with van der Waals surface area (Å²) < 4.78 is 5.33. The minimum atomic E-state index is -0.992. The number of hydrogen-bond donors (Lipinski definition) is 2. The molecule has 1 aliphatic heterocycles. The number of carbonyl (C=O) groups excluding carboxylic acids is 1. The molecule has 1 amide bonds. The molecule has 1 aliphatic rings. The molecule has 0 radical (unpaired) electrons. The Bertz CT molecular complexity index is 682. The molecule has 0 aromatic heterocycles. The van der Waals surface area contributed by atoms with Crippen molar-refractivity contribution in [1.29, 1.82) is 0 Å². The lowest BCUT2D eigenvalue weighted by Crippen LogP contribution is -2.42. The lowest BCUT2D eigenvalue weighted by atomic mass is 10.1. The number of thioether (sulfide) groups is 1. The van der Waals surface area contributed by atoms with E-state index in [9.17, 15) is 14.7 Å². The molecule has 31 heavy (non-hydrogen) atoms. The number of hydrogen-bond acceptors (Lipinski definition) is 4. The van der Waals surface area contributed by atoms with Crippen molar-refractivity contribution in [2.75, 3.05) is 11.5 Å². The van der Waals surface area contributed by atoms with E-state index in [-0.39, 0.29) is 18.4 Å². The Morgan fingerprint density at radius 3 is 2.39 bits per heavy atom. The Morgan fingerprint density at radius 1 is 1.10 bits per heavy atom. The highest BCUT2D eigenvalue weighted by molar-refractivity contribution is 7.99. The van der Waals surface area contributed by atoms with Gasteiger partial charge in [0.25, 0.3) is 0 Å². The van der Waals surface area contributed by atoms with Gasteiger partial charge in [0.2, 0.25) is 5.91 Å². The minimum absolute atomic E-state index is 0.0347. The molecule has 0 fully saturated rings. The maximum Gasteiger partial charge on any atom is 0.327 e. The van der Waals surface area contributed by atoms with Crippen molar-refractivity contribution in [3.05, 3.63) is 47.3 Å². The van der Waals surface area contributed by atoms with E-state index in [1.165, 1.54) is 28.5 Å². The largest absolute Gasteiger partial charge is 0.498 e. The molecule has 0 saturated carbocycles. The lowest BCUT2D eigenvalue weighted by Gasteiger charge is -2.15. The van der Waals surface area contributed by atoms with Crippen molar-refractivity contribution in [2.45, 2.75) is 84.8 Å². The topological polar surface area (TPSA) is 75.6 Å². The average molecular weight is 450 g/mol. The second kappa shape index (κ2) is 15.8. The van der Waals surface area contributed by atoms with Crippen molar-refractivity contribution >= 4 is 23.6 Å². The lowest BCUT2D eigenvalue weighted by molar-refractivity contribution is -0.141. The molecule has 0 aliphatic carbocycles. The van der Waals surface area contributed by atoms with Crippen LogP contribution in [0.3, 0.4) is 0 Å². The highest BCUT2D eigenvalue weighted by atomic mass is 32.2. The molecule has 0 saturated heterocycles. The number of allylic oxidation sites excluding steroid dienone is 5. The number of aliphatic carboxylic acids is 1. The van der Waals surface area contributed by atoms with E-state index >= 15 is 0 Å². The van der Waals surface area contributed by atoms with E-state index in [0.29, 0.717) is 12.2 Å². The molecule has 0 spiro atoms. The van der Waals surface area contributed by atoms with Crippen LogP contribution in [0.5, 0.6) is 0 Å². The standard InChI is InChI=1S/C25H39NO4S/c1-19(2)8-5-9-20(3)10-6-11-21(4)15-17-31-18-23(25(28)29)26-24(27)14-13-22-12-7-16-30-22/h7-8,10,15-16,22-23H,5-6,9,11-14,17-18H2,1-4H3,(H,26,27)(H,28,29)/b20-10+,21-15+/t22?,23-/m0/s1. The van der Waals surface area contributed by atoms with Crippen LogP contribution in [0.2, 0.25) is 0 Å². The van der Waals surface area contributed by atoms with E-state index in [2.05, 4.69) is 51.2 Å². The third-order valence-electron chi connectivity index (χ3n) is 5.05. The zero-order chi connectivity index (χ0) is 23.1. The third kappa shape index (κ3) is 13.9. The Morgan fingerprint density at radius 2 is 1.77 bits per heavy atom. The molecule has 1 unspecified atom stereocenters. The van der Waals surface area contributed by atoms with Crippen LogP contribution < -0.4 is 5.32 Å². The van der Waals surface area contributed by atoms with Crippen molar-refractivity contribution < 1.29 is 19.4 Å². The molecule has 5 nitrogen and oxygen atoms in total. The van der Waals surface area contributed by atoms with Crippen molar-refractivity contribution in [1.82, 2.24) is 5.32 Å². The van der Waals surface area contributed by atoms with Crippen molar-refractivity contribution in [3.8, 4) is 0 Å². The van der Waals surface area contributed by atoms with E-state index in [1.54, 1.807) is 6.26 Å². The van der Waals surface area contributed by atoms with Gasteiger partial charge in [0.05, 0.1) is 6.26 Å². The maximum atomic E-state index is 12.0. The average Bonchev–Trinajstić information content (AvgIpc) is 3.22. The molecule has 2 N–H and O–H groups in total. The number of rotatable bonds is 15. The Labute approximate surface area is 192 Å². The number of ether oxygens (including phenoxy) is 1. The van der Waals surface area contributed by atoms with Crippen LogP contribution in [0.4, 0.5) is 0 Å². The summed E-state index contributed by atoms with van der Waals surface area (Å²) >= 11 is 1.53. The van der Waals surface area contributed by atoms with Gasteiger partial charge in [-0.25, -0.2) is 4.79 Å².